The van der Waals surface area contributed by atoms with E-state index in [-0.39, 0.29) is 11.9 Å². The normalized spacial score (nSPS) is 13.3. The summed E-state index contributed by atoms with van der Waals surface area (Å²) in [6, 6.07) is 5.58. The molecule has 3 heteroatoms. The van der Waals surface area contributed by atoms with Crippen molar-refractivity contribution < 1.29 is 4.39 Å². The number of rotatable bonds is 6. The Kier molecular flexibility index (Phi) is 5.76. The topological polar surface area (TPSA) is 29.3 Å². The minimum atomic E-state index is -0.182. The van der Waals surface area contributed by atoms with E-state index in [1.807, 2.05) is 13.0 Å². The van der Waals surface area contributed by atoms with E-state index in [1.165, 1.54) is 6.07 Å². The van der Waals surface area contributed by atoms with E-state index < -0.39 is 0 Å². The summed E-state index contributed by atoms with van der Waals surface area (Å²) in [5.41, 5.74) is 8.06. The van der Waals surface area contributed by atoms with Gasteiger partial charge in [-0.1, -0.05) is 13.0 Å². The first-order chi connectivity index (χ1) is 8.51. The van der Waals surface area contributed by atoms with Gasteiger partial charge in [-0.3, -0.25) is 4.90 Å². The molecular weight excluding hydrogens is 227 g/mol. The van der Waals surface area contributed by atoms with Gasteiger partial charge in [0.1, 0.15) is 5.82 Å². The van der Waals surface area contributed by atoms with Gasteiger partial charge in [0.2, 0.25) is 0 Å². The van der Waals surface area contributed by atoms with Gasteiger partial charge in [0.25, 0.3) is 0 Å². The maximum atomic E-state index is 13.2. The van der Waals surface area contributed by atoms with Crippen molar-refractivity contribution in [2.45, 2.75) is 46.2 Å². The number of hydrogen-bond acceptors (Lipinski definition) is 2. The van der Waals surface area contributed by atoms with E-state index >= 15 is 0 Å². The van der Waals surface area contributed by atoms with Crippen LogP contribution in [-0.2, 0) is 0 Å². The van der Waals surface area contributed by atoms with E-state index in [9.17, 15) is 4.39 Å². The van der Waals surface area contributed by atoms with Crippen LogP contribution < -0.4 is 5.73 Å². The number of aryl methyl sites for hydroxylation is 1. The molecule has 0 saturated carbocycles. The molecule has 1 unspecified atom stereocenters. The van der Waals surface area contributed by atoms with Gasteiger partial charge in [-0.25, -0.2) is 4.39 Å². The van der Waals surface area contributed by atoms with Crippen LogP contribution in [0.25, 0.3) is 0 Å². The molecule has 0 bridgehead atoms. The van der Waals surface area contributed by atoms with Crippen molar-refractivity contribution in [2.75, 3.05) is 13.1 Å². The molecule has 0 saturated heterocycles. The maximum Gasteiger partial charge on any atom is 0.123 e. The number of nitrogens with zero attached hydrogens (tertiary/aromatic N) is 1. The second-order valence-electron chi connectivity index (χ2n) is 5.08. The fourth-order valence-corrected chi connectivity index (χ4v) is 2.49. The lowest BCUT2D eigenvalue weighted by atomic mass is 9.98. The van der Waals surface area contributed by atoms with Gasteiger partial charge < -0.3 is 5.73 Å². The summed E-state index contributed by atoms with van der Waals surface area (Å²) in [6.45, 7) is 10.0. The number of benzene rings is 1. The van der Waals surface area contributed by atoms with E-state index in [0.717, 1.165) is 24.1 Å². The summed E-state index contributed by atoms with van der Waals surface area (Å²) in [7, 11) is 0. The zero-order valence-electron chi connectivity index (χ0n) is 11.9. The van der Waals surface area contributed by atoms with Crippen LogP contribution in [0.15, 0.2) is 18.2 Å². The predicted molar refractivity (Wildman–Crippen MR) is 75.1 cm³/mol. The molecule has 1 aromatic rings. The zero-order chi connectivity index (χ0) is 13.7. The van der Waals surface area contributed by atoms with Gasteiger partial charge in [-0.05, 0) is 57.0 Å². The second kappa shape index (κ2) is 6.86. The third-order valence-corrected chi connectivity index (χ3v) is 3.36. The first-order valence-corrected chi connectivity index (χ1v) is 6.73. The highest BCUT2D eigenvalue weighted by Gasteiger charge is 2.22. The molecule has 0 amide bonds. The minimum absolute atomic E-state index is 0.172. The molecule has 0 radical (unpaired) electrons. The molecule has 102 valence electrons. The smallest absolute Gasteiger partial charge is 0.123 e. The molecule has 2 nitrogen and oxygen atoms in total. The van der Waals surface area contributed by atoms with Crippen LogP contribution >= 0.6 is 0 Å². The standard InChI is InChI=1S/C15H25FN2/c1-5-8-18(11(2)3)15(10-17)14-7-6-13(16)9-12(14)4/h6-7,9,11,15H,5,8,10,17H2,1-4H3. The zero-order valence-corrected chi connectivity index (χ0v) is 11.9. The third kappa shape index (κ3) is 3.53. The quantitative estimate of drug-likeness (QED) is 0.842. The Morgan fingerprint density at radius 2 is 2.00 bits per heavy atom. The Bertz CT molecular complexity index is 377. The molecule has 0 aromatic heterocycles. The van der Waals surface area contributed by atoms with Crippen molar-refractivity contribution in [3.05, 3.63) is 35.1 Å². The fraction of sp³-hybridized carbons (Fsp3) is 0.600. The van der Waals surface area contributed by atoms with Gasteiger partial charge in [0, 0.05) is 18.6 Å². The Morgan fingerprint density at radius 3 is 2.44 bits per heavy atom. The van der Waals surface area contributed by atoms with E-state index in [1.54, 1.807) is 6.07 Å². The molecule has 0 aliphatic heterocycles. The highest BCUT2D eigenvalue weighted by molar-refractivity contribution is 5.30. The average Bonchev–Trinajstić information content (AvgIpc) is 2.31. The van der Waals surface area contributed by atoms with Gasteiger partial charge in [-0.2, -0.15) is 0 Å². The van der Waals surface area contributed by atoms with Crippen LogP contribution in [0.3, 0.4) is 0 Å². The molecule has 0 aliphatic carbocycles. The van der Waals surface area contributed by atoms with Crippen molar-refractivity contribution >= 4 is 0 Å². The van der Waals surface area contributed by atoms with Crippen molar-refractivity contribution in [3.8, 4) is 0 Å². The summed E-state index contributed by atoms with van der Waals surface area (Å²) in [5, 5.41) is 0. The van der Waals surface area contributed by atoms with Gasteiger partial charge in [0.15, 0.2) is 0 Å². The van der Waals surface area contributed by atoms with Crippen LogP contribution in [0.1, 0.15) is 44.4 Å². The van der Waals surface area contributed by atoms with Crippen LogP contribution in [0.2, 0.25) is 0 Å². The van der Waals surface area contributed by atoms with Crippen LogP contribution in [-0.4, -0.2) is 24.0 Å². The van der Waals surface area contributed by atoms with E-state index in [4.69, 9.17) is 5.73 Å². The first kappa shape index (κ1) is 15.1. The van der Waals surface area contributed by atoms with E-state index in [2.05, 4.69) is 25.7 Å². The number of nitrogens with two attached hydrogens (primary N) is 1. The third-order valence-electron chi connectivity index (χ3n) is 3.36. The monoisotopic (exact) mass is 252 g/mol. The lowest BCUT2D eigenvalue weighted by Gasteiger charge is -2.35. The maximum absolute atomic E-state index is 13.2. The van der Waals surface area contributed by atoms with Crippen molar-refractivity contribution in [2.24, 2.45) is 5.73 Å². The minimum Gasteiger partial charge on any atom is -0.329 e. The molecule has 0 spiro atoms. The highest BCUT2D eigenvalue weighted by atomic mass is 19.1. The SMILES string of the molecule is CCCN(C(C)C)C(CN)c1ccc(F)cc1C. The van der Waals surface area contributed by atoms with Gasteiger partial charge in [-0.15, -0.1) is 0 Å². The second-order valence-corrected chi connectivity index (χ2v) is 5.08. The summed E-state index contributed by atoms with van der Waals surface area (Å²) in [5.74, 6) is -0.182. The average molecular weight is 252 g/mol. The van der Waals surface area contributed by atoms with Gasteiger partial charge in [0.05, 0.1) is 0 Å². The Balaban J connectivity index is 3.06. The predicted octanol–water partition coefficient (Wildman–Crippen LogP) is 3.25. The number of hydrogen-bond donors (Lipinski definition) is 1. The molecule has 0 fully saturated rings. The highest BCUT2D eigenvalue weighted by Crippen LogP contribution is 2.25. The van der Waals surface area contributed by atoms with Crippen molar-refractivity contribution in [1.82, 2.24) is 4.90 Å². The lowest BCUT2D eigenvalue weighted by molar-refractivity contribution is 0.157. The molecule has 1 atom stereocenters. The number of halogens is 1. The van der Waals surface area contributed by atoms with Crippen LogP contribution in [0.4, 0.5) is 4.39 Å². The molecular formula is C15H25FN2. The Labute approximate surface area is 110 Å². The lowest BCUT2D eigenvalue weighted by Crippen LogP contribution is -2.39. The molecule has 1 aromatic carbocycles. The van der Waals surface area contributed by atoms with Gasteiger partial charge >= 0.3 is 0 Å². The first-order valence-electron chi connectivity index (χ1n) is 6.73. The van der Waals surface area contributed by atoms with Crippen molar-refractivity contribution in [1.29, 1.82) is 0 Å². The molecule has 2 N–H and O–H groups in total. The summed E-state index contributed by atoms with van der Waals surface area (Å²) >= 11 is 0. The largest absolute Gasteiger partial charge is 0.329 e. The van der Waals surface area contributed by atoms with Crippen LogP contribution in [0.5, 0.6) is 0 Å². The Morgan fingerprint density at radius 1 is 1.33 bits per heavy atom. The molecule has 1 rings (SSSR count). The van der Waals surface area contributed by atoms with E-state index in [0.29, 0.717) is 12.6 Å². The fourth-order valence-electron chi connectivity index (χ4n) is 2.49. The molecule has 18 heavy (non-hydrogen) atoms. The summed E-state index contributed by atoms with van der Waals surface area (Å²) < 4.78 is 13.2. The summed E-state index contributed by atoms with van der Waals surface area (Å²) in [4.78, 5) is 2.39. The van der Waals surface area contributed by atoms with Crippen LogP contribution in [0, 0.1) is 12.7 Å². The molecule has 0 heterocycles. The Hall–Kier alpha value is -0.930. The molecule has 0 aliphatic rings. The van der Waals surface area contributed by atoms with Crippen molar-refractivity contribution in [3.63, 3.8) is 0 Å². The summed E-state index contributed by atoms with van der Waals surface area (Å²) in [6.07, 6.45) is 1.09.